The Bertz CT molecular complexity index is 736. The summed E-state index contributed by atoms with van der Waals surface area (Å²) in [6.07, 6.45) is 1.76. The van der Waals surface area contributed by atoms with E-state index in [2.05, 4.69) is 0 Å². The van der Waals surface area contributed by atoms with Crippen LogP contribution in [-0.4, -0.2) is 60.8 Å². The quantitative estimate of drug-likeness (QED) is 0.720. The predicted molar refractivity (Wildman–Crippen MR) is 92.5 cm³/mol. The molecule has 0 unspecified atom stereocenters. The van der Waals surface area contributed by atoms with Gasteiger partial charge in [-0.1, -0.05) is 0 Å². The van der Waals surface area contributed by atoms with Crippen LogP contribution in [0.1, 0.15) is 32.1 Å². The minimum Gasteiger partial charge on any atom is -0.481 e. The molecule has 1 aliphatic rings. The molecule has 1 N–H and O–H groups in total. The van der Waals surface area contributed by atoms with E-state index in [1.54, 1.807) is 4.90 Å². The van der Waals surface area contributed by atoms with E-state index in [0.717, 1.165) is 12.1 Å². The highest BCUT2D eigenvalue weighted by molar-refractivity contribution is 7.89. The molecule has 1 fully saturated rings. The van der Waals surface area contributed by atoms with Crippen molar-refractivity contribution in [2.24, 2.45) is 0 Å². The molecule has 1 saturated heterocycles. The Hall–Kier alpha value is -2.00. The van der Waals surface area contributed by atoms with Gasteiger partial charge in [0.05, 0.1) is 4.90 Å². The lowest BCUT2D eigenvalue weighted by molar-refractivity contribution is -0.137. The summed E-state index contributed by atoms with van der Waals surface area (Å²) in [5.74, 6) is -1.47. The van der Waals surface area contributed by atoms with Gasteiger partial charge in [0.25, 0.3) is 0 Å². The molecule has 144 valence electrons. The van der Waals surface area contributed by atoms with Crippen LogP contribution in [0.15, 0.2) is 29.2 Å². The van der Waals surface area contributed by atoms with Crippen molar-refractivity contribution in [3.8, 4) is 0 Å². The van der Waals surface area contributed by atoms with Gasteiger partial charge >= 0.3 is 5.97 Å². The number of hydrogen-bond acceptors (Lipinski definition) is 4. The number of amides is 1. The molecule has 9 heteroatoms. The standard InChI is InChI=1S/C17H23FN2O5S/c18-14-6-8-15(9-7-14)26(24,25)20-11-3-10-19(12-13-20)16(21)4-1-2-5-17(22)23/h6-9H,1-5,10-13H2,(H,22,23). The molecule has 0 saturated carbocycles. The summed E-state index contributed by atoms with van der Waals surface area (Å²) in [6, 6.07) is 4.69. The van der Waals surface area contributed by atoms with E-state index in [1.165, 1.54) is 16.4 Å². The fourth-order valence-electron chi connectivity index (χ4n) is 2.85. The van der Waals surface area contributed by atoms with Crippen LogP contribution in [0.3, 0.4) is 0 Å². The first-order valence-electron chi connectivity index (χ1n) is 8.56. The fourth-order valence-corrected chi connectivity index (χ4v) is 4.32. The monoisotopic (exact) mass is 386 g/mol. The van der Waals surface area contributed by atoms with Crippen molar-refractivity contribution in [3.05, 3.63) is 30.1 Å². The topological polar surface area (TPSA) is 95.0 Å². The van der Waals surface area contributed by atoms with Crippen LogP contribution in [0.5, 0.6) is 0 Å². The van der Waals surface area contributed by atoms with E-state index < -0.39 is 21.8 Å². The maximum absolute atomic E-state index is 13.0. The Labute approximate surface area is 152 Å². The van der Waals surface area contributed by atoms with Crippen LogP contribution < -0.4 is 0 Å². The summed E-state index contributed by atoms with van der Waals surface area (Å²) >= 11 is 0. The van der Waals surface area contributed by atoms with Crippen LogP contribution in [0.25, 0.3) is 0 Å². The number of aliphatic carboxylic acids is 1. The van der Waals surface area contributed by atoms with Gasteiger partial charge in [-0.15, -0.1) is 0 Å². The molecule has 0 atom stereocenters. The molecule has 0 spiro atoms. The van der Waals surface area contributed by atoms with Gasteiger partial charge in [-0.25, -0.2) is 12.8 Å². The molecule has 7 nitrogen and oxygen atoms in total. The van der Waals surface area contributed by atoms with Crippen molar-refractivity contribution in [2.45, 2.75) is 37.0 Å². The number of carboxylic acids is 1. The second kappa shape index (κ2) is 9.09. The van der Waals surface area contributed by atoms with E-state index >= 15 is 0 Å². The van der Waals surface area contributed by atoms with Crippen molar-refractivity contribution in [2.75, 3.05) is 26.2 Å². The van der Waals surface area contributed by atoms with Gasteiger partial charge in [-0.05, 0) is 43.5 Å². The lowest BCUT2D eigenvalue weighted by atomic mass is 10.2. The van der Waals surface area contributed by atoms with E-state index in [4.69, 9.17) is 5.11 Å². The molecule has 0 aromatic heterocycles. The van der Waals surface area contributed by atoms with Gasteiger partial charge in [0.2, 0.25) is 15.9 Å². The number of sulfonamides is 1. The van der Waals surface area contributed by atoms with Gasteiger partial charge < -0.3 is 10.0 Å². The second-order valence-corrected chi connectivity index (χ2v) is 8.13. The van der Waals surface area contributed by atoms with Gasteiger partial charge in [0.15, 0.2) is 0 Å². The van der Waals surface area contributed by atoms with Crippen LogP contribution >= 0.6 is 0 Å². The molecule has 26 heavy (non-hydrogen) atoms. The van der Waals surface area contributed by atoms with Crippen LogP contribution in [0.4, 0.5) is 4.39 Å². The number of nitrogens with zero attached hydrogens (tertiary/aromatic N) is 2. The highest BCUT2D eigenvalue weighted by Crippen LogP contribution is 2.18. The van der Waals surface area contributed by atoms with Gasteiger partial charge in [0.1, 0.15) is 5.82 Å². The smallest absolute Gasteiger partial charge is 0.303 e. The Morgan fingerprint density at radius 1 is 1.00 bits per heavy atom. The lowest BCUT2D eigenvalue weighted by Gasteiger charge is -2.22. The first-order chi connectivity index (χ1) is 12.3. The van der Waals surface area contributed by atoms with Crippen molar-refractivity contribution >= 4 is 21.9 Å². The van der Waals surface area contributed by atoms with E-state index in [-0.39, 0.29) is 36.7 Å². The maximum atomic E-state index is 13.0. The first-order valence-corrected chi connectivity index (χ1v) is 10.00. The molecule has 1 aromatic carbocycles. The zero-order chi connectivity index (χ0) is 19.2. The number of carbonyl (C=O) groups excluding carboxylic acids is 1. The SMILES string of the molecule is O=C(O)CCCCC(=O)N1CCCN(S(=O)(=O)c2ccc(F)cc2)CC1. The number of hydrogen-bond donors (Lipinski definition) is 1. The molecule has 0 radical (unpaired) electrons. The molecular weight excluding hydrogens is 363 g/mol. The van der Waals surface area contributed by atoms with Crippen molar-refractivity contribution in [1.29, 1.82) is 0 Å². The average molecular weight is 386 g/mol. The lowest BCUT2D eigenvalue weighted by Crippen LogP contribution is -2.37. The van der Waals surface area contributed by atoms with Gasteiger partial charge in [-0.3, -0.25) is 9.59 Å². The minimum absolute atomic E-state index is 0.0346. The molecular formula is C17H23FN2O5S. The van der Waals surface area contributed by atoms with Crippen molar-refractivity contribution in [1.82, 2.24) is 9.21 Å². The molecule has 0 aliphatic carbocycles. The van der Waals surface area contributed by atoms with Gasteiger partial charge in [0, 0.05) is 39.0 Å². The van der Waals surface area contributed by atoms with Crippen molar-refractivity contribution < 1.29 is 27.5 Å². The largest absolute Gasteiger partial charge is 0.481 e. The third-order valence-electron chi connectivity index (χ3n) is 4.29. The summed E-state index contributed by atoms with van der Waals surface area (Å²) in [5.41, 5.74) is 0. The maximum Gasteiger partial charge on any atom is 0.303 e. The molecule has 1 aromatic rings. The number of carboxylic acid groups (broad SMARTS) is 1. The Morgan fingerprint density at radius 2 is 1.65 bits per heavy atom. The summed E-state index contributed by atoms with van der Waals surface area (Å²) in [6.45, 7) is 1.23. The van der Waals surface area contributed by atoms with Crippen molar-refractivity contribution in [3.63, 3.8) is 0 Å². The Morgan fingerprint density at radius 3 is 2.31 bits per heavy atom. The van der Waals surface area contributed by atoms with E-state index in [1.807, 2.05) is 0 Å². The third kappa shape index (κ3) is 5.50. The summed E-state index contributed by atoms with van der Waals surface area (Å²) < 4.78 is 39.6. The number of benzene rings is 1. The van der Waals surface area contributed by atoms with Crippen LogP contribution in [0.2, 0.25) is 0 Å². The molecule has 1 aliphatic heterocycles. The highest BCUT2D eigenvalue weighted by atomic mass is 32.2. The van der Waals surface area contributed by atoms with Crippen LogP contribution in [0, 0.1) is 5.82 Å². The van der Waals surface area contributed by atoms with Crippen LogP contribution in [-0.2, 0) is 19.6 Å². The zero-order valence-corrected chi connectivity index (χ0v) is 15.3. The minimum atomic E-state index is -3.72. The average Bonchev–Trinajstić information content (AvgIpc) is 2.85. The number of halogens is 1. The Balaban J connectivity index is 1.91. The summed E-state index contributed by atoms with van der Waals surface area (Å²) in [4.78, 5) is 24.4. The molecule has 2 rings (SSSR count). The van der Waals surface area contributed by atoms with E-state index in [0.29, 0.717) is 32.4 Å². The molecule has 0 bridgehead atoms. The zero-order valence-electron chi connectivity index (χ0n) is 14.4. The molecule has 1 heterocycles. The normalized spacial score (nSPS) is 16.3. The Kier molecular flexibility index (Phi) is 7.10. The summed E-state index contributed by atoms with van der Waals surface area (Å²) in [7, 11) is -3.72. The highest BCUT2D eigenvalue weighted by Gasteiger charge is 2.28. The summed E-state index contributed by atoms with van der Waals surface area (Å²) in [5, 5.41) is 8.60. The number of carbonyl (C=O) groups is 2. The van der Waals surface area contributed by atoms with E-state index in [9.17, 15) is 22.4 Å². The predicted octanol–water partition coefficient (Wildman–Crippen LogP) is 1.69. The fraction of sp³-hybridized carbons (Fsp3) is 0.529. The second-order valence-electron chi connectivity index (χ2n) is 6.19. The first kappa shape index (κ1) is 20.3. The molecule has 1 amide bonds. The number of rotatable bonds is 7. The third-order valence-corrected chi connectivity index (χ3v) is 6.20. The van der Waals surface area contributed by atoms with Gasteiger partial charge in [-0.2, -0.15) is 4.31 Å². The number of unbranched alkanes of at least 4 members (excludes halogenated alkanes) is 1.